The Hall–Kier alpha value is -1.65. The molecule has 0 aliphatic heterocycles. The first-order chi connectivity index (χ1) is 6.83. The third kappa shape index (κ3) is 3.84. The minimum atomic E-state index is 0.0116. The van der Waals surface area contributed by atoms with E-state index in [-0.39, 0.29) is 5.91 Å². The van der Waals surface area contributed by atoms with E-state index < -0.39 is 0 Å². The van der Waals surface area contributed by atoms with Gasteiger partial charge in [-0.2, -0.15) is 5.10 Å². The van der Waals surface area contributed by atoms with Crippen LogP contribution in [0.2, 0.25) is 0 Å². The maximum Gasteiger partial charge on any atom is 0.223 e. The second-order valence-corrected chi connectivity index (χ2v) is 2.88. The fourth-order valence-electron chi connectivity index (χ4n) is 1.04. The first kappa shape index (κ1) is 10.4. The van der Waals surface area contributed by atoms with E-state index >= 15 is 0 Å². The van der Waals surface area contributed by atoms with Gasteiger partial charge in [0, 0.05) is 19.4 Å². The molecule has 0 radical (unpaired) electrons. The summed E-state index contributed by atoms with van der Waals surface area (Å²) in [6.07, 6.45) is 5.10. The number of H-pyrrole nitrogens is 1. The predicted molar refractivity (Wildman–Crippen MR) is 52.5 cm³/mol. The SMILES string of the molecule is C=CCC(=O)NCCCc1ncn[nH]1. The summed E-state index contributed by atoms with van der Waals surface area (Å²) in [5.74, 6) is 0.862. The van der Waals surface area contributed by atoms with Gasteiger partial charge in [0.15, 0.2) is 0 Å². The van der Waals surface area contributed by atoms with Gasteiger partial charge in [0.2, 0.25) is 5.91 Å². The van der Waals surface area contributed by atoms with E-state index in [0.29, 0.717) is 13.0 Å². The van der Waals surface area contributed by atoms with Crippen LogP contribution in [0.4, 0.5) is 0 Å². The first-order valence-corrected chi connectivity index (χ1v) is 4.54. The van der Waals surface area contributed by atoms with Crippen molar-refractivity contribution in [2.45, 2.75) is 19.3 Å². The molecule has 2 N–H and O–H groups in total. The monoisotopic (exact) mass is 194 g/mol. The minimum Gasteiger partial charge on any atom is -0.356 e. The Morgan fingerprint density at radius 3 is 3.21 bits per heavy atom. The van der Waals surface area contributed by atoms with Gasteiger partial charge >= 0.3 is 0 Å². The molecular formula is C9H14N4O. The lowest BCUT2D eigenvalue weighted by Gasteiger charge is -2.01. The highest BCUT2D eigenvalue weighted by Gasteiger charge is 1.98. The van der Waals surface area contributed by atoms with Crippen LogP contribution in [0.15, 0.2) is 19.0 Å². The van der Waals surface area contributed by atoms with E-state index in [2.05, 4.69) is 27.1 Å². The van der Waals surface area contributed by atoms with Gasteiger partial charge in [-0.25, -0.2) is 4.98 Å². The molecule has 0 unspecified atom stereocenters. The Kier molecular flexibility index (Phi) is 4.40. The molecule has 1 amide bonds. The predicted octanol–water partition coefficient (Wildman–Crippen LogP) is 0.430. The lowest BCUT2D eigenvalue weighted by molar-refractivity contribution is -0.120. The van der Waals surface area contributed by atoms with E-state index in [4.69, 9.17) is 0 Å². The van der Waals surface area contributed by atoms with Crippen LogP contribution in [0.1, 0.15) is 18.7 Å². The van der Waals surface area contributed by atoms with E-state index in [1.54, 1.807) is 6.08 Å². The standard InChI is InChI=1S/C9H14N4O/c1-2-4-9(14)10-6-3-5-8-11-7-12-13-8/h2,7H,1,3-6H2,(H,10,14)(H,11,12,13). The largest absolute Gasteiger partial charge is 0.356 e. The van der Waals surface area contributed by atoms with Gasteiger partial charge in [-0.15, -0.1) is 6.58 Å². The van der Waals surface area contributed by atoms with Crippen LogP contribution in [0.5, 0.6) is 0 Å². The number of aromatic amines is 1. The van der Waals surface area contributed by atoms with Gasteiger partial charge in [-0.1, -0.05) is 6.08 Å². The number of carbonyl (C=O) groups is 1. The van der Waals surface area contributed by atoms with Crippen molar-refractivity contribution < 1.29 is 4.79 Å². The molecule has 0 fully saturated rings. The fourth-order valence-corrected chi connectivity index (χ4v) is 1.04. The normalized spacial score (nSPS) is 9.71. The smallest absolute Gasteiger partial charge is 0.223 e. The lowest BCUT2D eigenvalue weighted by Crippen LogP contribution is -2.23. The molecule has 0 aromatic carbocycles. The Morgan fingerprint density at radius 1 is 1.71 bits per heavy atom. The number of hydrogen-bond donors (Lipinski definition) is 2. The summed E-state index contributed by atoms with van der Waals surface area (Å²) in [4.78, 5) is 15.0. The summed E-state index contributed by atoms with van der Waals surface area (Å²) in [7, 11) is 0. The van der Waals surface area contributed by atoms with Crippen molar-refractivity contribution in [1.82, 2.24) is 20.5 Å². The number of rotatable bonds is 6. The number of carbonyl (C=O) groups excluding carboxylic acids is 1. The van der Waals surface area contributed by atoms with Crippen molar-refractivity contribution in [3.8, 4) is 0 Å². The quantitative estimate of drug-likeness (QED) is 0.509. The summed E-state index contributed by atoms with van der Waals surface area (Å²) >= 11 is 0. The van der Waals surface area contributed by atoms with Crippen LogP contribution in [0.25, 0.3) is 0 Å². The zero-order valence-corrected chi connectivity index (χ0v) is 7.99. The number of hydrogen-bond acceptors (Lipinski definition) is 3. The van der Waals surface area contributed by atoms with E-state index in [1.165, 1.54) is 6.33 Å². The minimum absolute atomic E-state index is 0.0116. The molecule has 0 atom stereocenters. The van der Waals surface area contributed by atoms with Gasteiger partial charge in [-0.05, 0) is 6.42 Å². The van der Waals surface area contributed by atoms with Crippen molar-refractivity contribution >= 4 is 5.91 Å². The first-order valence-electron chi connectivity index (χ1n) is 4.54. The zero-order chi connectivity index (χ0) is 10.2. The highest BCUT2D eigenvalue weighted by molar-refractivity contribution is 5.77. The van der Waals surface area contributed by atoms with E-state index in [9.17, 15) is 4.79 Å². The molecular weight excluding hydrogens is 180 g/mol. The van der Waals surface area contributed by atoms with Gasteiger partial charge < -0.3 is 5.32 Å². The summed E-state index contributed by atoms with van der Waals surface area (Å²) in [6, 6.07) is 0. The second kappa shape index (κ2) is 5.90. The summed E-state index contributed by atoms with van der Waals surface area (Å²) in [5.41, 5.74) is 0. The maximum absolute atomic E-state index is 11.0. The fraction of sp³-hybridized carbons (Fsp3) is 0.444. The van der Waals surface area contributed by atoms with Crippen LogP contribution < -0.4 is 5.32 Å². The van der Waals surface area contributed by atoms with Crippen LogP contribution in [0, 0.1) is 0 Å². The van der Waals surface area contributed by atoms with Crippen molar-refractivity contribution in [2.24, 2.45) is 0 Å². The van der Waals surface area contributed by atoms with Crippen molar-refractivity contribution in [3.63, 3.8) is 0 Å². The van der Waals surface area contributed by atoms with E-state index in [0.717, 1.165) is 18.7 Å². The lowest BCUT2D eigenvalue weighted by atomic mass is 10.3. The molecule has 1 rings (SSSR count). The highest BCUT2D eigenvalue weighted by Crippen LogP contribution is 1.91. The number of aromatic nitrogens is 3. The third-order valence-electron chi connectivity index (χ3n) is 1.71. The van der Waals surface area contributed by atoms with Crippen molar-refractivity contribution in [3.05, 3.63) is 24.8 Å². The van der Waals surface area contributed by atoms with Gasteiger partial charge in [0.05, 0.1) is 0 Å². The molecule has 1 heterocycles. The number of nitrogens with one attached hydrogen (secondary N) is 2. The molecule has 0 aliphatic rings. The molecule has 14 heavy (non-hydrogen) atoms. The zero-order valence-electron chi connectivity index (χ0n) is 7.99. The van der Waals surface area contributed by atoms with Crippen molar-refractivity contribution in [2.75, 3.05) is 6.54 Å². The third-order valence-corrected chi connectivity index (χ3v) is 1.71. The summed E-state index contributed by atoms with van der Waals surface area (Å²) < 4.78 is 0. The van der Waals surface area contributed by atoms with E-state index in [1.807, 2.05) is 0 Å². The molecule has 0 bridgehead atoms. The summed E-state index contributed by atoms with van der Waals surface area (Å²) in [6.45, 7) is 4.15. The van der Waals surface area contributed by atoms with Gasteiger partial charge in [0.1, 0.15) is 12.2 Å². The second-order valence-electron chi connectivity index (χ2n) is 2.88. The number of aryl methyl sites for hydroxylation is 1. The molecule has 1 aromatic rings. The van der Waals surface area contributed by atoms with Crippen LogP contribution in [-0.2, 0) is 11.2 Å². The average molecular weight is 194 g/mol. The molecule has 5 nitrogen and oxygen atoms in total. The number of amides is 1. The molecule has 0 saturated heterocycles. The highest BCUT2D eigenvalue weighted by atomic mass is 16.1. The molecule has 76 valence electrons. The molecule has 1 aromatic heterocycles. The van der Waals surface area contributed by atoms with Gasteiger partial charge in [-0.3, -0.25) is 9.89 Å². The molecule has 0 spiro atoms. The molecule has 0 saturated carbocycles. The van der Waals surface area contributed by atoms with Crippen LogP contribution in [0.3, 0.4) is 0 Å². The Bertz CT molecular complexity index is 281. The number of nitrogens with zero attached hydrogens (tertiary/aromatic N) is 2. The Balaban J connectivity index is 2.05. The molecule has 5 heteroatoms. The Labute approximate surface area is 82.6 Å². The summed E-state index contributed by atoms with van der Waals surface area (Å²) in [5, 5.41) is 9.26. The Morgan fingerprint density at radius 2 is 2.57 bits per heavy atom. The van der Waals surface area contributed by atoms with Crippen LogP contribution >= 0.6 is 0 Å². The van der Waals surface area contributed by atoms with Crippen molar-refractivity contribution in [1.29, 1.82) is 0 Å². The average Bonchev–Trinajstić information content (AvgIpc) is 2.65. The topological polar surface area (TPSA) is 70.7 Å². The maximum atomic E-state index is 11.0. The van der Waals surface area contributed by atoms with Crippen LogP contribution in [-0.4, -0.2) is 27.6 Å². The van der Waals surface area contributed by atoms with Gasteiger partial charge in [0.25, 0.3) is 0 Å². The molecule has 0 aliphatic carbocycles.